The number of benzene rings is 1. The van der Waals surface area contributed by atoms with Crippen LogP contribution in [0.2, 0.25) is 0 Å². The lowest BCUT2D eigenvalue weighted by atomic mass is 9.89. The third-order valence-electron chi connectivity index (χ3n) is 3.03. The van der Waals surface area contributed by atoms with Crippen LogP contribution in [0, 0.1) is 5.41 Å². The Morgan fingerprint density at radius 3 is 2.29 bits per heavy atom. The van der Waals surface area contributed by atoms with Gasteiger partial charge in [0.25, 0.3) is 0 Å². The number of hydrogen-bond acceptors (Lipinski definition) is 4. The Morgan fingerprint density at radius 2 is 1.67 bits per heavy atom. The lowest BCUT2D eigenvalue weighted by molar-refractivity contribution is 0.0265. The molecule has 0 saturated carbocycles. The standard InChI is InChI=1S/C17H29NO3/c1-17(2,3)9-15(19)10-18-11-16(20)13-21-12-14-7-5-4-6-8-14/h4-8,15-16,18-20H,9-13H2,1-3H3. The number of ether oxygens (including phenoxy) is 1. The summed E-state index contributed by atoms with van der Waals surface area (Å²) in [5, 5.41) is 22.7. The van der Waals surface area contributed by atoms with E-state index in [1.54, 1.807) is 0 Å². The lowest BCUT2D eigenvalue weighted by Gasteiger charge is -2.23. The van der Waals surface area contributed by atoms with Crippen LogP contribution in [-0.4, -0.2) is 42.1 Å². The van der Waals surface area contributed by atoms with Crippen LogP contribution in [0.1, 0.15) is 32.8 Å². The summed E-state index contributed by atoms with van der Waals surface area (Å²) in [5.41, 5.74) is 1.21. The molecule has 0 spiro atoms. The number of rotatable bonds is 9. The van der Waals surface area contributed by atoms with Crippen LogP contribution in [0.5, 0.6) is 0 Å². The van der Waals surface area contributed by atoms with Crippen molar-refractivity contribution >= 4 is 0 Å². The lowest BCUT2D eigenvalue weighted by Crippen LogP contribution is -2.36. The van der Waals surface area contributed by atoms with E-state index in [0.717, 1.165) is 12.0 Å². The maximum Gasteiger partial charge on any atom is 0.0897 e. The molecule has 0 saturated heterocycles. The van der Waals surface area contributed by atoms with Crippen LogP contribution in [0.25, 0.3) is 0 Å². The summed E-state index contributed by atoms with van der Waals surface area (Å²) < 4.78 is 5.47. The first kappa shape index (κ1) is 18.1. The SMILES string of the molecule is CC(C)(C)CC(O)CNCC(O)COCc1ccccc1. The Labute approximate surface area is 128 Å². The predicted molar refractivity (Wildman–Crippen MR) is 85.1 cm³/mol. The molecule has 1 rings (SSSR count). The second-order valence-corrected chi connectivity index (χ2v) is 6.73. The Hall–Kier alpha value is -0.940. The fourth-order valence-corrected chi connectivity index (χ4v) is 2.14. The molecular weight excluding hydrogens is 266 g/mol. The van der Waals surface area contributed by atoms with Crippen molar-refractivity contribution in [1.82, 2.24) is 5.32 Å². The highest BCUT2D eigenvalue weighted by Crippen LogP contribution is 2.20. The fourth-order valence-electron chi connectivity index (χ4n) is 2.14. The first-order chi connectivity index (χ1) is 9.87. The highest BCUT2D eigenvalue weighted by Gasteiger charge is 2.16. The molecule has 0 radical (unpaired) electrons. The average Bonchev–Trinajstić information content (AvgIpc) is 2.38. The zero-order chi connectivity index (χ0) is 15.7. The van der Waals surface area contributed by atoms with E-state index in [9.17, 15) is 10.2 Å². The molecule has 21 heavy (non-hydrogen) atoms. The van der Waals surface area contributed by atoms with Crippen molar-refractivity contribution in [2.24, 2.45) is 5.41 Å². The van der Waals surface area contributed by atoms with Crippen molar-refractivity contribution in [1.29, 1.82) is 0 Å². The van der Waals surface area contributed by atoms with Gasteiger partial charge in [-0.15, -0.1) is 0 Å². The van der Waals surface area contributed by atoms with Gasteiger partial charge >= 0.3 is 0 Å². The summed E-state index contributed by atoms with van der Waals surface area (Å²) in [7, 11) is 0. The molecule has 2 atom stereocenters. The molecule has 0 heterocycles. The fraction of sp³-hybridized carbons (Fsp3) is 0.647. The highest BCUT2D eigenvalue weighted by atomic mass is 16.5. The second-order valence-electron chi connectivity index (χ2n) is 6.73. The summed E-state index contributed by atoms with van der Waals surface area (Å²) in [6.07, 6.45) is -0.210. The van der Waals surface area contributed by atoms with Gasteiger partial charge in [-0.25, -0.2) is 0 Å². The molecule has 4 heteroatoms. The molecule has 0 aromatic heterocycles. The van der Waals surface area contributed by atoms with Gasteiger partial charge in [0.05, 0.1) is 25.4 Å². The van der Waals surface area contributed by atoms with Crippen LogP contribution < -0.4 is 5.32 Å². The molecule has 0 aliphatic heterocycles. The minimum Gasteiger partial charge on any atom is -0.392 e. The minimum absolute atomic E-state index is 0.110. The predicted octanol–water partition coefficient (Wildman–Crippen LogP) is 1.95. The molecule has 1 aromatic rings. The van der Waals surface area contributed by atoms with E-state index in [4.69, 9.17) is 4.74 Å². The van der Waals surface area contributed by atoms with Crippen LogP contribution in [-0.2, 0) is 11.3 Å². The Kier molecular flexibility index (Phi) is 7.89. The largest absolute Gasteiger partial charge is 0.392 e. The third-order valence-corrected chi connectivity index (χ3v) is 3.03. The molecule has 2 unspecified atom stereocenters. The summed E-state index contributed by atoms with van der Waals surface area (Å²) in [6.45, 7) is 8.01. The van der Waals surface area contributed by atoms with E-state index in [2.05, 4.69) is 26.1 Å². The van der Waals surface area contributed by atoms with Gasteiger partial charge in [-0.1, -0.05) is 51.1 Å². The Balaban J connectivity index is 2.07. The molecule has 0 aliphatic carbocycles. The van der Waals surface area contributed by atoms with Crippen molar-refractivity contribution in [2.75, 3.05) is 19.7 Å². The smallest absolute Gasteiger partial charge is 0.0897 e. The molecule has 0 fully saturated rings. The summed E-state index contributed by atoms with van der Waals surface area (Å²) in [5.74, 6) is 0. The number of aliphatic hydroxyl groups excluding tert-OH is 2. The topological polar surface area (TPSA) is 61.7 Å². The molecule has 3 N–H and O–H groups in total. The van der Waals surface area contributed by atoms with Crippen molar-refractivity contribution in [2.45, 2.75) is 46.0 Å². The van der Waals surface area contributed by atoms with Crippen LogP contribution in [0.3, 0.4) is 0 Å². The summed E-state index contributed by atoms with van der Waals surface area (Å²) in [6, 6.07) is 9.88. The Bertz CT molecular complexity index is 375. The molecule has 0 amide bonds. The van der Waals surface area contributed by atoms with Gasteiger partial charge in [0.2, 0.25) is 0 Å². The van der Waals surface area contributed by atoms with Gasteiger partial charge in [-0.3, -0.25) is 0 Å². The summed E-state index contributed by atoms with van der Waals surface area (Å²) >= 11 is 0. The first-order valence-corrected chi connectivity index (χ1v) is 7.55. The maximum atomic E-state index is 9.85. The number of hydrogen-bond donors (Lipinski definition) is 3. The molecule has 1 aromatic carbocycles. The second kappa shape index (κ2) is 9.15. The van der Waals surface area contributed by atoms with Crippen molar-refractivity contribution in [3.05, 3.63) is 35.9 Å². The van der Waals surface area contributed by atoms with Crippen molar-refractivity contribution in [3.8, 4) is 0 Å². The van der Waals surface area contributed by atoms with Gasteiger partial charge < -0.3 is 20.3 Å². The zero-order valence-corrected chi connectivity index (χ0v) is 13.4. The zero-order valence-electron chi connectivity index (χ0n) is 13.4. The third kappa shape index (κ3) is 9.58. The first-order valence-electron chi connectivity index (χ1n) is 7.55. The van der Waals surface area contributed by atoms with E-state index in [-0.39, 0.29) is 18.1 Å². The van der Waals surface area contributed by atoms with Crippen LogP contribution >= 0.6 is 0 Å². The minimum atomic E-state index is -0.560. The van der Waals surface area contributed by atoms with E-state index in [1.165, 1.54) is 0 Å². The van der Waals surface area contributed by atoms with E-state index in [1.807, 2.05) is 30.3 Å². The van der Waals surface area contributed by atoms with E-state index < -0.39 is 6.10 Å². The van der Waals surface area contributed by atoms with Crippen LogP contribution in [0.15, 0.2) is 30.3 Å². The highest BCUT2D eigenvalue weighted by molar-refractivity contribution is 5.13. The number of aliphatic hydroxyl groups is 2. The van der Waals surface area contributed by atoms with Gasteiger partial charge in [0, 0.05) is 13.1 Å². The van der Waals surface area contributed by atoms with Gasteiger partial charge in [0.15, 0.2) is 0 Å². The molecule has 0 bridgehead atoms. The van der Waals surface area contributed by atoms with Gasteiger partial charge in [0.1, 0.15) is 0 Å². The van der Waals surface area contributed by atoms with E-state index >= 15 is 0 Å². The monoisotopic (exact) mass is 295 g/mol. The van der Waals surface area contributed by atoms with Gasteiger partial charge in [-0.2, -0.15) is 0 Å². The quantitative estimate of drug-likeness (QED) is 0.652. The molecule has 4 nitrogen and oxygen atoms in total. The average molecular weight is 295 g/mol. The van der Waals surface area contributed by atoms with Crippen molar-refractivity contribution in [3.63, 3.8) is 0 Å². The summed E-state index contributed by atoms with van der Waals surface area (Å²) in [4.78, 5) is 0. The van der Waals surface area contributed by atoms with Crippen LogP contribution in [0.4, 0.5) is 0 Å². The van der Waals surface area contributed by atoms with Crippen molar-refractivity contribution < 1.29 is 14.9 Å². The Morgan fingerprint density at radius 1 is 1.05 bits per heavy atom. The van der Waals surface area contributed by atoms with Gasteiger partial charge in [-0.05, 0) is 17.4 Å². The normalized spacial score (nSPS) is 14.9. The molecular formula is C17H29NO3. The molecule has 120 valence electrons. The number of nitrogens with one attached hydrogen (secondary N) is 1. The van der Waals surface area contributed by atoms with E-state index in [0.29, 0.717) is 19.7 Å². The maximum absolute atomic E-state index is 9.85. The molecule has 0 aliphatic rings.